The predicted octanol–water partition coefficient (Wildman–Crippen LogP) is -0.0513. The zero-order valence-electron chi connectivity index (χ0n) is 7.20. The summed E-state index contributed by atoms with van der Waals surface area (Å²) < 4.78 is 1.54. The Balaban J connectivity index is 2.87. The van der Waals surface area contributed by atoms with Crippen molar-refractivity contribution in [3.63, 3.8) is 0 Å². The molecule has 0 aliphatic heterocycles. The first-order chi connectivity index (χ1) is 6.02. The molecule has 1 aromatic rings. The molecule has 0 aliphatic rings. The van der Waals surface area contributed by atoms with Gasteiger partial charge in [-0.3, -0.25) is 9.48 Å². The van der Waals surface area contributed by atoms with E-state index >= 15 is 0 Å². The Bertz CT molecular complexity index is 303. The Morgan fingerprint density at radius 1 is 1.85 bits per heavy atom. The molecule has 1 amide bonds. The summed E-state index contributed by atoms with van der Waals surface area (Å²) in [6, 6.07) is -0.488. The minimum absolute atomic E-state index is 0.0687. The van der Waals surface area contributed by atoms with Gasteiger partial charge >= 0.3 is 0 Å². The number of hydrogen-bond acceptors (Lipinski definition) is 3. The number of halogens is 1. The van der Waals surface area contributed by atoms with E-state index in [1.165, 1.54) is 10.9 Å². The lowest BCUT2D eigenvalue weighted by molar-refractivity contribution is -0.118. The van der Waals surface area contributed by atoms with E-state index in [4.69, 9.17) is 23.1 Å². The summed E-state index contributed by atoms with van der Waals surface area (Å²) >= 11 is 5.81. The lowest BCUT2D eigenvalue weighted by atomic mass is 10.1. The molecule has 0 spiro atoms. The van der Waals surface area contributed by atoms with Crippen molar-refractivity contribution in [2.24, 2.45) is 18.5 Å². The van der Waals surface area contributed by atoms with Crippen LogP contribution in [0.3, 0.4) is 0 Å². The molecule has 0 aromatic carbocycles. The highest BCUT2D eigenvalue weighted by molar-refractivity contribution is 6.31. The second-order valence-corrected chi connectivity index (χ2v) is 3.19. The molecule has 0 saturated heterocycles. The van der Waals surface area contributed by atoms with Gasteiger partial charge in [0.05, 0.1) is 23.0 Å². The molecule has 72 valence electrons. The number of nitrogens with zero attached hydrogens (tertiary/aromatic N) is 2. The highest BCUT2D eigenvalue weighted by atomic mass is 35.5. The second kappa shape index (κ2) is 3.76. The van der Waals surface area contributed by atoms with Gasteiger partial charge in [-0.2, -0.15) is 5.10 Å². The van der Waals surface area contributed by atoms with Crippen LogP contribution in [0.25, 0.3) is 0 Å². The lowest BCUT2D eigenvalue weighted by Crippen LogP contribution is -2.22. The average Bonchev–Trinajstić information content (AvgIpc) is 2.29. The number of carbonyl (C=O) groups is 1. The van der Waals surface area contributed by atoms with Crippen LogP contribution in [0.5, 0.6) is 0 Å². The normalized spacial score (nSPS) is 12.8. The van der Waals surface area contributed by atoms with Gasteiger partial charge in [0.2, 0.25) is 5.91 Å². The predicted molar refractivity (Wildman–Crippen MR) is 49.0 cm³/mol. The number of hydrogen-bond donors (Lipinski definition) is 2. The molecule has 0 saturated carbocycles. The van der Waals surface area contributed by atoms with Gasteiger partial charge in [0.15, 0.2) is 0 Å². The first-order valence-electron chi connectivity index (χ1n) is 3.73. The molecule has 0 fully saturated rings. The standard InChI is InChI=1S/C7H11ClN4O/c1-12-7(4(8)3-11-12)5(9)2-6(10)13/h3,5H,2,9H2,1H3,(H2,10,13)/t5-/m0/s1. The monoisotopic (exact) mass is 202 g/mol. The molecule has 0 aliphatic carbocycles. The van der Waals surface area contributed by atoms with Gasteiger partial charge in [-0.05, 0) is 0 Å². The Kier molecular flexibility index (Phi) is 2.90. The van der Waals surface area contributed by atoms with E-state index in [1.807, 2.05) is 0 Å². The van der Waals surface area contributed by atoms with E-state index in [0.717, 1.165) is 0 Å². The fourth-order valence-corrected chi connectivity index (χ4v) is 1.46. The van der Waals surface area contributed by atoms with Crippen LogP contribution < -0.4 is 11.5 Å². The van der Waals surface area contributed by atoms with E-state index in [2.05, 4.69) is 5.10 Å². The largest absolute Gasteiger partial charge is 0.370 e. The zero-order chi connectivity index (χ0) is 10.0. The molecule has 5 nitrogen and oxygen atoms in total. The van der Waals surface area contributed by atoms with Gasteiger partial charge in [-0.15, -0.1) is 0 Å². The third kappa shape index (κ3) is 2.19. The maximum absolute atomic E-state index is 10.6. The molecule has 0 bridgehead atoms. The topological polar surface area (TPSA) is 86.9 Å². The second-order valence-electron chi connectivity index (χ2n) is 2.78. The summed E-state index contributed by atoms with van der Waals surface area (Å²) in [5, 5.41) is 4.35. The number of rotatable bonds is 3. The molecule has 1 aromatic heterocycles. The minimum atomic E-state index is -0.488. The van der Waals surface area contributed by atoms with Crippen LogP contribution in [-0.2, 0) is 11.8 Å². The van der Waals surface area contributed by atoms with Crippen LogP contribution in [-0.4, -0.2) is 15.7 Å². The lowest BCUT2D eigenvalue weighted by Gasteiger charge is -2.10. The van der Waals surface area contributed by atoms with Crippen molar-refractivity contribution < 1.29 is 4.79 Å². The fourth-order valence-electron chi connectivity index (χ4n) is 1.15. The molecule has 1 rings (SSSR count). The van der Waals surface area contributed by atoms with Gasteiger partial charge in [-0.25, -0.2) is 0 Å². The highest BCUT2D eigenvalue weighted by Gasteiger charge is 2.16. The molecular formula is C7H11ClN4O. The quantitative estimate of drug-likeness (QED) is 0.721. The van der Waals surface area contributed by atoms with E-state index in [-0.39, 0.29) is 6.42 Å². The molecule has 1 heterocycles. The van der Waals surface area contributed by atoms with Crippen LogP contribution in [0.15, 0.2) is 6.20 Å². The summed E-state index contributed by atoms with van der Waals surface area (Å²) in [6.07, 6.45) is 1.55. The van der Waals surface area contributed by atoms with Gasteiger partial charge in [0.1, 0.15) is 0 Å². The third-order valence-electron chi connectivity index (χ3n) is 1.71. The van der Waals surface area contributed by atoms with Crippen LogP contribution in [0.4, 0.5) is 0 Å². The van der Waals surface area contributed by atoms with Gasteiger partial charge in [0, 0.05) is 13.5 Å². The summed E-state index contributed by atoms with van der Waals surface area (Å²) in [5.74, 6) is -0.454. The Labute approximate surface area is 80.6 Å². The maximum atomic E-state index is 10.6. The van der Waals surface area contributed by atoms with E-state index < -0.39 is 11.9 Å². The van der Waals surface area contributed by atoms with Gasteiger partial charge < -0.3 is 11.5 Å². The van der Waals surface area contributed by atoms with E-state index in [0.29, 0.717) is 10.7 Å². The van der Waals surface area contributed by atoms with Crippen LogP contribution in [0.1, 0.15) is 18.2 Å². The van der Waals surface area contributed by atoms with Crippen molar-refractivity contribution >= 4 is 17.5 Å². The number of carbonyl (C=O) groups excluding carboxylic acids is 1. The number of amides is 1. The molecule has 0 unspecified atom stereocenters. The average molecular weight is 203 g/mol. The first-order valence-corrected chi connectivity index (χ1v) is 4.11. The SMILES string of the molecule is Cn1ncc(Cl)c1[C@@H](N)CC(N)=O. The highest BCUT2D eigenvalue weighted by Crippen LogP contribution is 2.21. The summed E-state index contributed by atoms with van der Waals surface area (Å²) in [5.41, 5.74) is 11.3. The van der Waals surface area contributed by atoms with Gasteiger partial charge in [0.25, 0.3) is 0 Å². The number of primary amides is 1. The van der Waals surface area contributed by atoms with Crippen LogP contribution >= 0.6 is 11.6 Å². The van der Waals surface area contributed by atoms with Crippen LogP contribution in [0.2, 0.25) is 5.02 Å². The smallest absolute Gasteiger partial charge is 0.219 e. The molecule has 13 heavy (non-hydrogen) atoms. The third-order valence-corrected chi connectivity index (χ3v) is 2.00. The van der Waals surface area contributed by atoms with Crippen LogP contribution in [0, 0.1) is 0 Å². The fraction of sp³-hybridized carbons (Fsp3) is 0.429. The molecule has 0 radical (unpaired) electrons. The molecule has 6 heteroatoms. The van der Waals surface area contributed by atoms with E-state index in [1.54, 1.807) is 7.05 Å². The van der Waals surface area contributed by atoms with Crippen molar-refractivity contribution in [2.45, 2.75) is 12.5 Å². The summed E-state index contributed by atoms with van der Waals surface area (Å²) in [7, 11) is 1.71. The van der Waals surface area contributed by atoms with E-state index in [9.17, 15) is 4.79 Å². The van der Waals surface area contributed by atoms with Crippen molar-refractivity contribution in [3.8, 4) is 0 Å². The summed E-state index contributed by atoms with van der Waals surface area (Å²) in [6.45, 7) is 0. The van der Waals surface area contributed by atoms with Crippen molar-refractivity contribution in [3.05, 3.63) is 16.9 Å². The van der Waals surface area contributed by atoms with Crippen molar-refractivity contribution in [1.82, 2.24) is 9.78 Å². The summed E-state index contributed by atoms with van der Waals surface area (Å²) in [4.78, 5) is 10.6. The number of nitrogens with two attached hydrogens (primary N) is 2. The van der Waals surface area contributed by atoms with Crippen molar-refractivity contribution in [1.29, 1.82) is 0 Å². The molecule has 4 N–H and O–H groups in total. The Morgan fingerprint density at radius 3 is 2.85 bits per heavy atom. The number of aromatic nitrogens is 2. The minimum Gasteiger partial charge on any atom is -0.370 e. The Morgan fingerprint density at radius 2 is 2.46 bits per heavy atom. The van der Waals surface area contributed by atoms with Crippen molar-refractivity contribution in [2.75, 3.05) is 0 Å². The Hall–Kier alpha value is -1.07. The first kappa shape index (κ1) is 10.0. The maximum Gasteiger partial charge on any atom is 0.219 e. The molecular weight excluding hydrogens is 192 g/mol. The zero-order valence-corrected chi connectivity index (χ0v) is 7.95. The molecule has 1 atom stereocenters. The van der Waals surface area contributed by atoms with Gasteiger partial charge in [-0.1, -0.05) is 11.6 Å². The number of aryl methyl sites for hydroxylation is 1.